The van der Waals surface area contributed by atoms with Crippen LogP contribution in [-0.4, -0.2) is 58.2 Å². The molecule has 0 aromatic carbocycles. The fourth-order valence-corrected chi connectivity index (χ4v) is 1.98. The maximum atomic E-state index is 5.45. The van der Waals surface area contributed by atoms with Crippen molar-refractivity contribution < 1.29 is 9.47 Å². The number of rotatable bonds is 3. The van der Waals surface area contributed by atoms with Crippen molar-refractivity contribution >= 4 is 0 Å². The van der Waals surface area contributed by atoms with Crippen LogP contribution < -0.4 is 0 Å². The lowest BCUT2D eigenvalue weighted by atomic mass is 10.1. The minimum Gasteiger partial charge on any atom is -0.355 e. The van der Waals surface area contributed by atoms with Gasteiger partial charge in [0, 0.05) is 13.7 Å². The first kappa shape index (κ1) is 13.4. The molecule has 7 heteroatoms. The minimum absolute atomic E-state index is 0.105. The Hall–Kier alpha value is -1.05. The van der Waals surface area contributed by atoms with E-state index in [1.54, 1.807) is 7.11 Å². The van der Waals surface area contributed by atoms with Crippen LogP contribution in [0.2, 0.25) is 0 Å². The molecule has 0 spiro atoms. The van der Waals surface area contributed by atoms with Crippen LogP contribution in [0.4, 0.5) is 0 Å². The van der Waals surface area contributed by atoms with Crippen LogP contribution in [0.5, 0.6) is 0 Å². The summed E-state index contributed by atoms with van der Waals surface area (Å²) in [5.74, 6) is 0.874. The van der Waals surface area contributed by atoms with Gasteiger partial charge >= 0.3 is 0 Å². The number of tetrazole rings is 1. The molecule has 0 amide bonds. The molecule has 0 bridgehead atoms. The Bertz CT molecular complexity index is 387. The highest BCUT2D eigenvalue weighted by Gasteiger charge is 2.24. The van der Waals surface area contributed by atoms with Crippen LogP contribution in [-0.2, 0) is 21.6 Å². The van der Waals surface area contributed by atoms with Gasteiger partial charge in [0.25, 0.3) is 0 Å². The van der Waals surface area contributed by atoms with Gasteiger partial charge in [-0.2, -0.15) is 0 Å². The number of aromatic nitrogens is 4. The van der Waals surface area contributed by atoms with Gasteiger partial charge in [0.2, 0.25) is 0 Å². The second-order valence-corrected chi connectivity index (χ2v) is 5.45. The Morgan fingerprint density at radius 1 is 1.44 bits per heavy atom. The van der Waals surface area contributed by atoms with E-state index in [2.05, 4.69) is 41.2 Å². The standard InChI is InChI=1S/C11H21N5O2/c1-11(2,3)16-9(12-13-14-16)7-15-5-6-18-10(8-15)17-4/h10H,5-8H2,1-4H3. The van der Waals surface area contributed by atoms with E-state index in [0.29, 0.717) is 13.2 Å². The number of morpholine rings is 1. The van der Waals surface area contributed by atoms with E-state index >= 15 is 0 Å². The average molecular weight is 255 g/mol. The Morgan fingerprint density at radius 3 is 2.89 bits per heavy atom. The van der Waals surface area contributed by atoms with Crippen LogP contribution in [0.1, 0.15) is 26.6 Å². The van der Waals surface area contributed by atoms with Crippen molar-refractivity contribution in [3.8, 4) is 0 Å². The SMILES string of the molecule is COC1CN(Cc2nnnn2C(C)(C)C)CCO1. The molecule has 1 saturated heterocycles. The van der Waals surface area contributed by atoms with Gasteiger partial charge in [0.1, 0.15) is 0 Å². The Morgan fingerprint density at radius 2 is 2.22 bits per heavy atom. The number of hydrogen-bond donors (Lipinski definition) is 0. The third-order valence-electron chi connectivity index (χ3n) is 2.92. The predicted octanol–water partition coefficient (Wildman–Crippen LogP) is 0.233. The first-order valence-electron chi connectivity index (χ1n) is 6.15. The van der Waals surface area contributed by atoms with E-state index < -0.39 is 0 Å². The number of hydrogen-bond acceptors (Lipinski definition) is 6. The summed E-state index contributed by atoms with van der Waals surface area (Å²) in [6, 6.07) is 0. The van der Waals surface area contributed by atoms with Crippen molar-refractivity contribution in [1.29, 1.82) is 0 Å². The highest BCUT2D eigenvalue weighted by atomic mass is 16.7. The smallest absolute Gasteiger partial charge is 0.169 e. The minimum atomic E-state index is -0.155. The summed E-state index contributed by atoms with van der Waals surface area (Å²) in [6.07, 6.45) is -0.155. The molecule has 0 aliphatic carbocycles. The van der Waals surface area contributed by atoms with Crippen molar-refractivity contribution in [2.75, 3.05) is 26.8 Å². The van der Waals surface area contributed by atoms with Gasteiger partial charge in [0.15, 0.2) is 12.1 Å². The lowest BCUT2D eigenvalue weighted by Gasteiger charge is -2.32. The highest BCUT2D eigenvalue weighted by Crippen LogP contribution is 2.15. The molecule has 1 fully saturated rings. The zero-order valence-electron chi connectivity index (χ0n) is 11.5. The van der Waals surface area contributed by atoms with Gasteiger partial charge in [-0.05, 0) is 31.2 Å². The first-order chi connectivity index (χ1) is 8.50. The maximum absolute atomic E-state index is 5.45. The molecule has 102 valence electrons. The molecule has 1 aliphatic rings. The molecular formula is C11H21N5O2. The Kier molecular flexibility index (Phi) is 3.94. The average Bonchev–Trinajstić information content (AvgIpc) is 2.77. The van der Waals surface area contributed by atoms with E-state index in [-0.39, 0.29) is 11.8 Å². The predicted molar refractivity (Wildman–Crippen MR) is 64.8 cm³/mol. The fraction of sp³-hybridized carbons (Fsp3) is 0.909. The van der Waals surface area contributed by atoms with Crippen molar-refractivity contribution in [3.05, 3.63) is 5.82 Å². The van der Waals surface area contributed by atoms with E-state index in [0.717, 1.165) is 18.9 Å². The molecule has 0 N–H and O–H groups in total. The van der Waals surface area contributed by atoms with Gasteiger partial charge in [-0.15, -0.1) is 5.10 Å². The fourth-order valence-electron chi connectivity index (χ4n) is 1.98. The molecule has 18 heavy (non-hydrogen) atoms. The van der Waals surface area contributed by atoms with E-state index in [4.69, 9.17) is 9.47 Å². The monoisotopic (exact) mass is 255 g/mol. The summed E-state index contributed by atoms with van der Waals surface area (Å²) < 4.78 is 12.5. The normalized spacial score (nSPS) is 22.3. The summed E-state index contributed by atoms with van der Waals surface area (Å²) >= 11 is 0. The maximum Gasteiger partial charge on any atom is 0.169 e. The van der Waals surface area contributed by atoms with E-state index in [1.165, 1.54) is 0 Å². The molecule has 0 radical (unpaired) electrons. The lowest BCUT2D eigenvalue weighted by molar-refractivity contribution is -0.166. The van der Waals surface area contributed by atoms with Gasteiger partial charge in [-0.3, -0.25) is 4.90 Å². The van der Waals surface area contributed by atoms with Gasteiger partial charge in [-0.25, -0.2) is 4.68 Å². The molecule has 7 nitrogen and oxygen atoms in total. The molecule has 2 rings (SSSR count). The van der Waals surface area contributed by atoms with E-state index in [1.807, 2.05) is 4.68 Å². The Labute approximate surface area is 107 Å². The van der Waals surface area contributed by atoms with Crippen LogP contribution in [0, 0.1) is 0 Å². The van der Waals surface area contributed by atoms with Gasteiger partial charge in [-0.1, -0.05) is 0 Å². The summed E-state index contributed by atoms with van der Waals surface area (Å²) in [4.78, 5) is 2.24. The third-order valence-corrected chi connectivity index (χ3v) is 2.92. The summed E-state index contributed by atoms with van der Waals surface area (Å²) in [6.45, 7) is 9.27. The second kappa shape index (κ2) is 5.29. The Balaban J connectivity index is 2.03. The zero-order chi connectivity index (χ0) is 13.2. The van der Waals surface area contributed by atoms with Gasteiger partial charge < -0.3 is 9.47 Å². The van der Waals surface area contributed by atoms with Crippen molar-refractivity contribution in [2.45, 2.75) is 39.1 Å². The van der Waals surface area contributed by atoms with Gasteiger partial charge in [0.05, 0.1) is 25.2 Å². The highest BCUT2D eigenvalue weighted by molar-refractivity contribution is 4.87. The topological polar surface area (TPSA) is 65.3 Å². The number of nitrogens with zero attached hydrogens (tertiary/aromatic N) is 5. The third kappa shape index (κ3) is 3.04. The van der Waals surface area contributed by atoms with Crippen LogP contribution in [0.15, 0.2) is 0 Å². The first-order valence-corrected chi connectivity index (χ1v) is 6.15. The largest absolute Gasteiger partial charge is 0.355 e. The summed E-state index contributed by atoms with van der Waals surface area (Å²) in [7, 11) is 1.66. The second-order valence-electron chi connectivity index (χ2n) is 5.45. The molecule has 2 heterocycles. The number of methoxy groups -OCH3 is 1. The van der Waals surface area contributed by atoms with Crippen LogP contribution in [0.25, 0.3) is 0 Å². The molecule has 1 unspecified atom stereocenters. The number of ether oxygens (including phenoxy) is 2. The molecule has 1 aromatic heterocycles. The molecule has 1 atom stereocenters. The van der Waals surface area contributed by atoms with Crippen molar-refractivity contribution in [1.82, 2.24) is 25.1 Å². The van der Waals surface area contributed by atoms with Crippen LogP contribution in [0.3, 0.4) is 0 Å². The summed E-state index contributed by atoms with van der Waals surface area (Å²) in [5, 5.41) is 11.9. The molecular weight excluding hydrogens is 234 g/mol. The summed E-state index contributed by atoms with van der Waals surface area (Å²) in [5.41, 5.74) is -0.105. The van der Waals surface area contributed by atoms with Crippen LogP contribution >= 0.6 is 0 Å². The zero-order valence-corrected chi connectivity index (χ0v) is 11.5. The van der Waals surface area contributed by atoms with Crippen molar-refractivity contribution in [3.63, 3.8) is 0 Å². The molecule has 1 aliphatic heterocycles. The molecule has 1 aromatic rings. The van der Waals surface area contributed by atoms with E-state index in [9.17, 15) is 0 Å². The van der Waals surface area contributed by atoms with Crippen molar-refractivity contribution in [2.24, 2.45) is 0 Å². The molecule has 0 saturated carbocycles. The quantitative estimate of drug-likeness (QED) is 0.770. The lowest BCUT2D eigenvalue weighted by Crippen LogP contribution is -2.43.